The molecule has 36 heavy (non-hydrogen) atoms. The molecule has 0 saturated carbocycles. The highest BCUT2D eigenvalue weighted by atomic mass is 32.2. The van der Waals surface area contributed by atoms with Crippen LogP contribution in [0, 0.1) is 10.1 Å². The molecule has 0 bridgehead atoms. The van der Waals surface area contributed by atoms with E-state index in [1.165, 1.54) is 48.5 Å². The van der Waals surface area contributed by atoms with E-state index in [1.54, 1.807) is 36.4 Å². The predicted molar refractivity (Wildman–Crippen MR) is 128 cm³/mol. The highest BCUT2D eigenvalue weighted by Gasteiger charge is 2.31. The summed E-state index contributed by atoms with van der Waals surface area (Å²) in [7, 11) is -4.48. The van der Waals surface area contributed by atoms with Gasteiger partial charge in [0.2, 0.25) is 9.84 Å². The summed E-state index contributed by atoms with van der Waals surface area (Å²) in [4.78, 5) is 35.3. The first-order valence-corrected chi connectivity index (χ1v) is 11.9. The first kappa shape index (κ1) is 24.3. The Balaban J connectivity index is 1.68. The van der Waals surface area contributed by atoms with Crippen molar-refractivity contribution in [3.8, 4) is 11.5 Å². The van der Waals surface area contributed by atoms with Gasteiger partial charge in [-0.1, -0.05) is 54.6 Å². The molecule has 0 aromatic heterocycles. The highest BCUT2D eigenvalue weighted by Crippen LogP contribution is 2.31. The fourth-order valence-corrected chi connectivity index (χ4v) is 4.96. The maximum atomic E-state index is 13.3. The average Bonchev–Trinajstić information content (AvgIpc) is 2.89. The fraction of sp³-hybridized carbons (Fsp3) is 0. The third kappa shape index (κ3) is 4.98. The molecule has 4 rings (SSSR count). The number of benzene rings is 4. The summed E-state index contributed by atoms with van der Waals surface area (Å²) in [5.74, 6) is -1.73. The van der Waals surface area contributed by atoms with E-state index in [0.717, 1.165) is 18.2 Å². The number of hydrogen-bond donors (Lipinski definition) is 0. The van der Waals surface area contributed by atoms with Gasteiger partial charge in [-0.3, -0.25) is 10.1 Å². The smallest absolute Gasteiger partial charge is 0.347 e. The zero-order chi connectivity index (χ0) is 25.7. The van der Waals surface area contributed by atoms with Crippen LogP contribution in [0.1, 0.15) is 20.7 Å². The topological polar surface area (TPSA) is 130 Å². The normalized spacial score (nSPS) is 10.9. The molecule has 0 aliphatic heterocycles. The molecule has 4 aromatic rings. The van der Waals surface area contributed by atoms with Crippen molar-refractivity contribution in [2.75, 3.05) is 0 Å². The minimum absolute atomic E-state index is 0.0614. The Kier molecular flexibility index (Phi) is 6.88. The van der Waals surface area contributed by atoms with E-state index in [0.29, 0.717) is 0 Å². The molecule has 9 nitrogen and oxygen atoms in total. The number of ether oxygens (including phenoxy) is 2. The Morgan fingerprint density at radius 3 is 1.86 bits per heavy atom. The molecule has 0 radical (unpaired) electrons. The summed E-state index contributed by atoms with van der Waals surface area (Å²) in [6, 6.07) is 24.1. The van der Waals surface area contributed by atoms with Gasteiger partial charge in [0, 0.05) is 6.07 Å². The number of sulfone groups is 1. The third-order valence-electron chi connectivity index (χ3n) is 5.01. The van der Waals surface area contributed by atoms with Crippen LogP contribution in [0.4, 0.5) is 5.69 Å². The van der Waals surface area contributed by atoms with Crippen LogP contribution in [0.5, 0.6) is 11.5 Å². The molecular formula is C26H17NO8S. The molecule has 0 aliphatic carbocycles. The summed E-state index contributed by atoms with van der Waals surface area (Å²) in [6.07, 6.45) is 0. The van der Waals surface area contributed by atoms with Crippen LogP contribution in [-0.4, -0.2) is 25.3 Å². The van der Waals surface area contributed by atoms with E-state index < -0.39 is 42.2 Å². The van der Waals surface area contributed by atoms with Crippen LogP contribution in [0.25, 0.3) is 0 Å². The van der Waals surface area contributed by atoms with Crippen LogP contribution in [0.2, 0.25) is 0 Å². The predicted octanol–water partition coefficient (Wildman–Crippen LogP) is 4.87. The molecule has 0 spiro atoms. The lowest BCUT2D eigenvalue weighted by molar-refractivity contribution is -0.387. The standard InChI is InChI=1S/C26H17NO8S/c28-25(34-18-10-2-1-3-11-18)19-12-4-7-15-22(19)35-26(29)20-13-5-8-16-23(20)36(32,33)24-17-9-6-14-21(24)27(30)31/h1-17H. The largest absolute Gasteiger partial charge is 0.423 e. The summed E-state index contributed by atoms with van der Waals surface area (Å²) in [6.45, 7) is 0. The van der Waals surface area contributed by atoms with Gasteiger partial charge in [-0.15, -0.1) is 0 Å². The van der Waals surface area contributed by atoms with Crippen molar-refractivity contribution in [3.05, 3.63) is 124 Å². The molecule has 0 amide bonds. The van der Waals surface area contributed by atoms with E-state index in [1.807, 2.05) is 0 Å². The van der Waals surface area contributed by atoms with Crippen molar-refractivity contribution in [3.63, 3.8) is 0 Å². The number of carbonyl (C=O) groups is 2. The SMILES string of the molecule is O=C(Oc1ccccc1)c1ccccc1OC(=O)c1ccccc1S(=O)(=O)c1ccccc1[N+](=O)[O-]. The van der Waals surface area contributed by atoms with Crippen LogP contribution < -0.4 is 9.47 Å². The molecule has 180 valence electrons. The van der Waals surface area contributed by atoms with Gasteiger partial charge in [0.15, 0.2) is 0 Å². The molecular weight excluding hydrogens is 486 g/mol. The number of rotatable bonds is 7. The van der Waals surface area contributed by atoms with Crippen LogP contribution in [-0.2, 0) is 9.84 Å². The van der Waals surface area contributed by atoms with Crippen LogP contribution >= 0.6 is 0 Å². The number of nitrogens with zero attached hydrogens (tertiary/aromatic N) is 1. The monoisotopic (exact) mass is 503 g/mol. The third-order valence-corrected chi connectivity index (χ3v) is 6.87. The number of nitro benzene ring substituents is 1. The van der Waals surface area contributed by atoms with Gasteiger partial charge in [-0.25, -0.2) is 18.0 Å². The van der Waals surface area contributed by atoms with Gasteiger partial charge < -0.3 is 9.47 Å². The van der Waals surface area contributed by atoms with Crippen molar-refractivity contribution in [2.24, 2.45) is 0 Å². The van der Waals surface area contributed by atoms with Crippen LogP contribution in [0.15, 0.2) is 113 Å². The number of carbonyl (C=O) groups excluding carboxylic acids is 2. The van der Waals surface area contributed by atoms with Crippen molar-refractivity contribution < 1.29 is 32.4 Å². The number of nitro groups is 1. The van der Waals surface area contributed by atoms with Crippen molar-refractivity contribution in [1.29, 1.82) is 0 Å². The summed E-state index contributed by atoms with van der Waals surface area (Å²) in [5, 5.41) is 11.4. The zero-order valence-electron chi connectivity index (χ0n) is 18.4. The molecule has 0 heterocycles. The van der Waals surface area contributed by atoms with E-state index in [-0.39, 0.29) is 22.6 Å². The van der Waals surface area contributed by atoms with Gasteiger partial charge >= 0.3 is 11.9 Å². The van der Waals surface area contributed by atoms with E-state index in [4.69, 9.17) is 9.47 Å². The van der Waals surface area contributed by atoms with E-state index >= 15 is 0 Å². The Bertz CT molecular complexity index is 1570. The molecule has 0 N–H and O–H groups in total. The number of hydrogen-bond acceptors (Lipinski definition) is 8. The Labute approximate surface area is 205 Å². The molecule has 0 fully saturated rings. The van der Waals surface area contributed by atoms with E-state index in [9.17, 15) is 28.1 Å². The minimum Gasteiger partial charge on any atom is -0.423 e. The fourth-order valence-electron chi connectivity index (χ4n) is 3.35. The quantitative estimate of drug-likeness (QED) is 0.151. The molecule has 10 heteroatoms. The maximum absolute atomic E-state index is 13.3. The number of para-hydroxylation sites is 3. The lowest BCUT2D eigenvalue weighted by Gasteiger charge is -2.12. The Hall–Kier alpha value is -4.83. The Morgan fingerprint density at radius 1 is 0.639 bits per heavy atom. The number of esters is 2. The van der Waals surface area contributed by atoms with Gasteiger partial charge in [0.05, 0.1) is 15.4 Å². The highest BCUT2D eigenvalue weighted by molar-refractivity contribution is 7.91. The van der Waals surface area contributed by atoms with Crippen molar-refractivity contribution >= 4 is 27.5 Å². The summed E-state index contributed by atoms with van der Waals surface area (Å²) < 4.78 is 37.4. The lowest BCUT2D eigenvalue weighted by Crippen LogP contribution is -2.17. The molecule has 0 aliphatic rings. The minimum atomic E-state index is -4.48. The molecule has 0 atom stereocenters. The Morgan fingerprint density at radius 2 is 1.17 bits per heavy atom. The van der Waals surface area contributed by atoms with Gasteiger partial charge in [-0.05, 0) is 42.5 Å². The second kappa shape index (κ2) is 10.2. The van der Waals surface area contributed by atoms with Crippen LogP contribution in [0.3, 0.4) is 0 Å². The summed E-state index contributed by atoms with van der Waals surface area (Å²) >= 11 is 0. The maximum Gasteiger partial charge on any atom is 0.347 e. The zero-order valence-corrected chi connectivity index (χ0v) is 19.3. The van der Waals surface area contributed by atoms with E-state index in [2.05, 4.69) is 0 Å². The first-order chi connectivity index (χ1) is 17.3. The molecule has 4 aromatic carbocycles. The summed E-state index contributed by atoms with van der Waals surface area (Å²) in [5.41, 5.74) is -1.05. The van der Waals surface area contributed by atoms with Gasteiger partial charge in [0.25, 0.3) is 5.69 Å². The molecule has 0 saturated heterocycles. The first-order valence-electron chi connectivity index (χ1n) is 10.4. The second-order valence-corrected chi connectivity index (χ2v) is 9.20. The average molecular weight is 503 g/mol. The molecule has 0 unspecified atom stereocenters. The van der Waals surface area contributed by atoms with Gasteiger partial charge in [0.1, 0.15) is 22.0 Å². The van der Waals surface area contributed by atoms with Crippen molar-refractivity contribution in [2.45, 2.75) is 9.79 Å². The van der Waals surface area contributed by atoms with Gasteiger partial charge in [-0.2, -0.15) is 0 Å². The van der Waals surface area contributed by atoms with Crippen molar-refractivity contribution in [1.82, 2.24) is 0 Å². The second-order valence-electron chi connectivity index (χ2n) is 7.31. The lowest BCUT2D eigenvalue weighted by atomic mass is 10.2.